The Balaban J connectivity index is 1.95. The molecule has 3 nitrogen and oxygen atoms in total. The first-order valence-electron chi connectivity index (χ1n) is 6.05. The van der Waals surface area contributed by atoms with Gasteiger partial charge in [-0.3, -0.25) is 9.88 Å². The Labute approximate surface area is 97.7 Å². The molecule has 3 heteroatoms. The molecule has 2 rings (SSSR count). The molecule has 0 saturated carbocycles. The highest BCUT2D eigenvalue weighted by atomic mass is 15.1. The third-order valence-electron chi connectivity index (χ3n) is 3.39. The third kappa shape index (κ3) is 2.80. The molecule has 0 amide bonds. The predicted molar refractivity (Wildman–Crippen MR) is 66.0 cm³/mol. The quantitative estimate of drug-likeness (QED) is 0.820. The van der Waals surface area contributed by atoms with Crippen LogP contribution in [0.1, 0.15) is 24.7 Å². The molecule has 2 unspecified atom stereocenters. The van der Waals surface area contributed by atoms with E-state index >= 15 is 0 Å². The molecule has 2 N–H and O–H groups in total. The van der Waals surface area contributed by atoms with Crippen LogP contribution < -0.4 is 5.73 Å². The summed E-state index contributed by atoms with van der Waals surface area (Å²) in [5.74, 6) is 0.596. The molecule has 1 saturated heterocycles. The predicted octanol–water partition coefficient (Wildman–Crippen LogP) is 1.56. The van der Waals surface area contributed by atoms with Crippen molar-refractivity contribution >= 4 is 0 Å². The molecule has 0 spiro atoms. The number of hydrogen-bond acceptors (Lipinski definition) is 3. The molecule has 1 aliphatic heterocycles. The molecule has 16 heavy (non-hydrogen) atoms. The van der Waals surface area contributed by atoms with Crippen molar-refractivity contribution in [3.05, 3.63) is 29.6 Å². The van der Waals surface area contributed by atoms with Crippen LogP contribution in [0.15, 0.2) is 18.2 Å². The van der Waals surface area contributed by atoms with E-state index in [-0.39, 0.29) is 0 Å². The number of rotatable bonds is 2. The summed E-state index contributed by atoms with van der Waals surface area (Å²) in [4.78, 5) is 6.99. The van der Waals surface area contributed by atoms with Crippen molar-refractivity contribution in [3.8, 4) is 0 Å². The van der Waals surface area contributed by atoms with E-state index in [0.717, 1.165) is 31.7 Å². The highest BCUT2D eigenvalue weighted by Gasteiger charge is 2.22. The van der Waals surface area contributed by atoms with E-state index in [1.165, 1.54) is 5.69 Å². The summed E-state index contributed by atoms with van der Waals surface area (Å²) in [7, 11) is 0. The molecule has 88 valence electrons. The van der Waals surface area contributed by atoms with Crippen LogP contribution in [-0.2, 0) is 6.54 Å². The lowest BCUT2D eigenvalue weighted by molar-refractivity contribution is 0.156. The monoisotopic (exact) mass is 219 g/mol. The Morgan fingerprint density at radius 3 is 3.00 bits per heavy atom. The van der Waals surface area contributed by atoms with Crippen molar-refractivity contribution < 1.29 is 0 Å². The van der Waals surface area contributed by atoms with Crippen molar-refractivity contribution in [2.75, 3.05) is 13.1 Å². The van der Waals surface area contributed by atoms with E-state index in [1.54, 1.807) is 0 Å². The maximum absolute atomic E-state index is 6.02. The first-order chi connectivity index (χ1) is 7.65. The molecule has 0 aliphatic carbocycles. The molecule has 1 aliphatic rings. The van der Waals surface area contributed by atoms with Crippen LogP contribution in [0.2, 0.25) is 0 Å². The molecular formula is C13H21N3. The fourth-order valence-corrected chi connectivity index (χ4v) is 2.31. The van der Waals surface area contributed by atoms with Crippen molar-refractivity contribution in [2.45, 2.75) is 32.9 Å². The summed E-state index contributed by atoms with van der Waals surface area (Å²) in [6.07, 6.45) is 1.10. The summed E-state index contributed by atoms with van der Waals surface area (Å²) >= 11 is 0. The smallest absolute Gasteiger partial charge is 0.0547 e. The highest BCUT2D eigenvalue weighted by molar-refractivity contribution is 5.09. The van der Waals surface area contributed by atoms with Gasteiger partial charge >= 0.3 is 0 Å². The van der Waals surface area contributed by atoms with Gasteiger partial charge in [0, 0.05) is 31.4 Å². The SMILES string of the molecule is Cc1cccc(CN2CCC(N)C(C)C2)n1. The third-order valence-corrected chi connectivity index (χ3v) is 3.39. The van der Waals surface area contributed by atoms with Gasteiger partial charge in [0.25, 0.3) is 0 Å². The Kier molecular flexibility index (Phi) is 3.56. The Morgan fingerprint density at radius 1 is 1.50 bits per heavy atom. The van der Waals surface area contributed by atoms with Crippen molar-refractivity contribution in [1.82, 2.24) is 9.88 Å². The maximum atomic E-state index is 6.02. The standard InChI is InChI=1S/C13H21N3/c1-10-8-16(7-6-13(10)14)9-12-5-3-4-11(2)15-12/h3-5,10,13H,6-9,14H2,1-2H3. The second-order valence-electron chi connectivity index (χ2n) is 4.94. The number of likely N-dealkylation sites (tertiary alicyclic amines) is 1. The van der Waals surface area contributed by atoms with Crippen LogP contribution in [0, 0.1) is 12.8 Å². The Bertz CT molecular complexity index is 351. The molecule has 2 heterocycles. The van der Waals surface area contributed by atoms with Gasteiger partial charge in [0.2, 0.25) is 0 Å². The summed E-state index contributed by atoms with van der Waals surface area (Å²) < 4.78 is 0. The number of aromatic nitrogens is 1. The Morgan fingerprint density at radius 2 is 2.31 bits per heavy atom. The average Bonchev–Trinajstić information content (AvgIpc) is 2.24. The molecule has 1 aromatic heterocycles. The number of piperidine rings is 1. The topological polar surface area (TPSA) is 42.1 Å². The average molecular weight is 219 g/mol. The minimum absolute atomic E-state index is 0.377. The normalized spacial score (nSPS) is 26.9. The second-order valence-corrected chi connectivity index (χ2v) is 4.94. The second kappa shape index (κ2) is 4.93. The fraction of sp³-hybridized carbons (Fsp3) is 0.615. The molecule has 2 atom stereocenters. The zero-order valence-corrected chi connectivity index (χ0v) is 10.2. The zero-order valence-electron chi connectivity index (χ0n) is 10.2. The lowest BCUT2D eigenvalue weighted by atomic mass is 9.95. The van der Waals surface area contributed by atoms with Gasteiger partial charge in [-0.2, -0.15) is 0 Å². The van der Waals surface area contributed by atoms with Gasteiger partial charge in [-0.1, -0.05) is 13.0 Å². The number of pyridine rings is 1. The zero-order chi connectivity index (χ0) is 11.5. The van der Waals surface area contributed by atoms with Crippen LogP contribution in [-0.4, -0.2) is 29.0 Å². The maximum Gasteiger partial charge on any atom is 0.0547 e. The number of nitrogens with zero attached hydrogens (tertiary/aromatic N) is 2. The number of nitrogens with two attached hydrogens (primary N) is 1. The van der Waals surface area contributed by atoms with Crippen LogP contribution >= 0.6 is 0 Å². The van der Waals surface area contributed by atoms with Gasteiger partial charge in [-0.05, 0) is 31.4 Å². The molecule has 0 bridgehead atoms. The first-order valence-corrected chi connectivity index (χ1v) is 6.05. The lowest BCUT2D eigenvalue weighted by Gasteiger charge is -2.34. The molecular weight excluding hydrogens is 198 g/mol. The van der Waals surface area contributed by atoms with E-state index in [1.807, 2.05) is 13.0 Å². The van der Waals surface area contributed by atoms with Crippen LogP contribution in [0.4, 0.5) is 0 Å². The van der Waals surface area contributed by atoms with E-state index < -0.39 is 0 Å². The van der Waals surface area contributed by atoms with Gasteiger partial charge in [0.1, 0.15) is 0 Å². The minimum atomic E-state index is 0.377. The van der Waals surface area contributed by atoms with E-state index in [2.05, 4.69) is 28.9 Å². The number of aryl methyl sites for hydroxylation is 1. The summed E-state index contributed by atoms with van der Waals surface area (Å²) in [5, 5.41) is 0. The fourth-order valence-electron chi connectivity index (χ4n) is 2.31. The molecule has 0 radical (unpaired) electrons. The van der Waals surface area contributed by atoms with Crippen LogP contribution in [0.5, 0.6) is 0 Å². The van der Waals surface area contributed by atoms with Crippen molar-refractivity contribution in [1.29, 1.82) is 0 Å². The molecule has 1 fully saturated rings. The van der Waals surface area contributed by atoms with Gasteiger partial charge in [-0.25, -0.2) is 0 Å². The van der Waals surface area contributed by atoms with Gasteiger partial charge in [0.15, 0.2) is 0 Å². The molecule has 1 aromatic rings. The van der Waals surface area contributed by atoms with E-state index in [0.29, 0.717) is 12.0 Å². The minimum Gasteiger partial charge on any atom is -0.327 e. The summed E-state index contributed by atoms with van der Waals surface area (Å²) in [6, 6.07) is 6.60. The van der Waals surface area contributed by atoms with Gasteiger partial charge in [-0.15, -0.1) is 0 Å². The van der Waals surface area contributed by atoms with Crippen LogP contribution in [0.25, 0.3) is 0 Å². The lowest BCUT2D eigenvalue weighted by Crippen LogP contribution is -2.45. The number of hydrogen-bond donors (Lipinski definition) is 1. The van der Waals surface area contributed by atoms with Crippen LogP contribution in [0.3, 0.4) is 0 Å². The highest BCUT2D eigenvalue weighted by Crippen LogP contribution is 2.16. The summed E-state index contributed by atoms with van der Waals surface area (Å²) in [6.45, 7) is 7.43. The summed E-state index contributed by atoms with van der Waals surface area (Å²) in [5.41, 5.74) is 8.28. The van der Waals surface area contributed by atoms with E-state index in [4.69, 9.17) is 5.73 Å². The largest absolute Gasteiger partial charge is 0.327 e. The van der Waals surface area contributed by atoms with Gasteiger partial charge < -0.3 is 5.73 Å². The molecule has 0 aromatic carbocycles. The van der Waals surface area contributed by atoms with Gasteiger partial charge in [0.05, 0.1) is 5.69 Å². The Hall–Kier alpha value is -0.930. The van der Waals surface area contributed by atoms with Crippen molar-refractivity contribution in [2.24, 2.45) is 11.7 Å². The van der Waals surface area contributed by atoms with E-state index in [9.17, 15) is 0 Å². The van der Waals surface area contributed by atoms with Crippen molar-refractivity contribution in [3.63, 3.8) is 0 Å². The first kappa shape index (κ1) is 11.6.